The van der Waals surface area contributed by atoms with Gasteiger partial charge in [-0.1, -0.05) is 60.1 Å². The lowest BCUT2D eigenvalue weighted by Gasteiger charge is -2.01. The third-order valence-electron chi connectivity index (χ3n) is 3.27. The molecule has 5 nitrogen and oxygen atoms in total. The van der Waals surface area contributed by atoms with Gasteiger partial charge >= 0.3 is 0 Å². The van der Waals surface area contributed by atoms with Crippen LogP contribution in [0.5, 0.6) is 0 Å². The maximum Gasteiger partial charge on any atom is 0.235 e. The highest BCUT2D eigenvalue weighted by Gasteiger charge is 2.17. The molecule has 2 aromatic carbocycles. The molecule has 0 unspecified atom stereocenters. The maximum absolute atomic E-state index is 10.7. The minimum atomic E-state index is -0.523. The van der Waals surface area contributed by atoms with Crippen molar-refractivity contribution in [1.82, 2.24) is 9.78 Å². The highest BCUT2D eigenvalue weighted by molar-refractivity contribution is 6.31. The third-order valence-corrected chi connectivity index (χ3v) is 3.64. The molecule has 0 aliphatic carbocycles. The Hall–Kier alpha value is -2.92. The molecule has 0 N–H and O–H groups in total. The van der Waals surface area contributed by atoms with E-state index in [2.05, 4.69) is 5.10 Å². The molecule has 3 rings (SSSR count). The topological polar surface area (TPSA) is 61.0 Å². The molecule has 0 saturated carbocycles. The molecule has 1 heterocycles. The first-order valence-electron chi connectivity index (χ1n) is 6.88. The molecule has 1 aromatic heterocycles. The van der Waals surface area contributed by atoms with Gasteiger partial charge in [-0.25, -0.2) is 4.68 Å². The van der Waals surface area contributed by atoms with Crippen molar-refractivity contribution in [1.29, 1.82) is 0 Å². The second-order valence-electron chi connectivity index (χ2n) is 4.77. The van der Waals surface area contributed by atoms with Crippen molar-refractivity contribution < 1.29 is 4.92 Å². The predicted molar refractivity (Wildman–Crippen MR) is 90.0 cm³/mol. The van der Waals surface area contributed by atoms with Gasteiger partial charge in [-0.2, -0.15) is 5.10 Å². The number of benzene rings is 2. The van der Waals surface area contributed by atoms with Crippen LogP contribution in [0.2, 0.25) is 5.15 Å². The van der Waals surface area contributed by atoms with Crippen LogP contribution < -0.4 is 0 Å². The van der Waals surface area contributed by atoms with Gasteiger partial charge in [0, 0.05) is 17.2 Å². The van der Waals surface area contributed by atoms with Crippen LogP contribution in [0.4, 0.5) is 0 Å². The van der Waals surface area contributed by atoms with Gasteiger partial charge in [0.05, 0.1) is 10.6 Å². The van der Waals surface area contributed by atoms with Crippen molar-refractivity contribution in [3.63, 3.8) is 0 Å². The summed E-state index contributed by atoms with van der Waals surface area (Å²) in [6, 6.07) is 18.8. The van der Waals surface area contributed by atoms with Crippen LogP contribution in [0, 0.1) is 10.1 Å². The number of para-hydroxylation sites is 1. The van der Waals surface area contributed by atoms with Gasteiger partial charge in [-0.05, 0) is 12.1 Å². The van der Waals surface area contributed by atoms with Crippen LogP contribution in [0.25, 0.3) is 23.0 Å². The molecule has 0 bridgehead atoms. The lowest BCUT2D eigenvalue weighted by Crippen LogP contribution is -1.96. The van der Waals surface area contributed by atoms with E-state index in [1.54, 1.807) is 4.68 Å². The van der Waals surface area contributed by atoms with E-state index < -0.39 is 4.92 Å². The Bertz CT molecular complexity index is 858. The Morgan fingerprint density at radius 1 is 1.04 bits per heavy atom. The van der Waals surface area contributed by atoms with E-state index in [-0.39, 0.29) is 0 Å². The summed E-state index contributed by atoms with van der Waals surface area (Å²) in [5.41, 5.74) is 2.73. The number of halogens is 1. The molecule has 0 saturated heterocycles. The second-order valence-corrected chi connectivity index (χ2v) is 5.13. The molecule has 0 aliphatic heterocycles. The lowest BCUT2D eigenvalue weighted by molar-refractivity contribution is -0.400. The van der Waals surface area contributed by atoms with Gasteiger partial charge in [0.25, 0.3) is 0 Å². The summed E-state index contributed by atoms with van der Waals surface area (Å²) in [7, 11) is 0. The first kappa shape index (κ1) is 15.0. The van der Waals surface area contributed by atoms with Crippen molar-refractivity contribution in [2.24, 2.45) is 0 Å². The van der Waals surface area contributed by atoms with Crippen molar-refractivity contribution in [2.75, 3.05) is 0 Å². The number of nitro groups is 1. The second kappa shape index (κ2) is 6.46. The zero-order valence-corrected chi connectivity index (χ0v) is 12.7. The van der Waals surface area contributed by atoms with Crippen LogP contribution in [-0.2, 0) is 0 Å². The molecular weight excluding hydrogens is 314 g/mol. The Labute approximate surface area is 137 Å². The quantitative estimate of drug-likeness (QED) is 0.526. The largest absolute Gasteiger partial charge is 0.259 e. The average Bonchev–Trinajstić information content (AvgIpc) is 2.91. The van der Waals surface area contributed by atoms with E-state index in [4.69, 9.17) is 11.6 Å². The fourth-order valence-corrected chi connectivity index (χ4v) is 2.53. The van der Waals surface area contributed by atoms with Crippen LogP contribution in [0.3, 0.4) is 0 Å². The van der Waals surface area contributed by atoms with E-state index in [1.807, 2.05) is 60.7 Å². The van der Waals surface area contributed by atoms with Crippen LogP contribution in [-0.4, -0.2) is 14.7 Å². The van der Waals surface area contributed by atoms with E-state index in [9.17, 15) is 10.1 Å². The highest BCUT2D eigenvalue weighted by Crippen LogP contribution is 2.31. The summed E-state index contributed by atoms with van der Waals surface area (Å²) < 4.78 is 1.57. The Balaban J connectivity index is 2.20. The highest BCUT2D eigenvalue weighted by atomic mass is 35.5. The fraction of sp³-hybridized carbons (Fsp3) is 0. The number of aromatic nitrogens is 2. The molecule has 0 aliphatic rings. The lowest BCUT2D eigenvalue weighted by atomic mass is 10.1. The molecule has 114 valence electrons. The molecule has 0 fully saturated rings. The van der Waals surface area contributed by atoms with E-state index in [0.29, 0.717) is 16.4 Å². The van der Waals surface area contributed by atoms with Gasteiger partial charge in [0.15, 0.2) is 0 Å². The van der Waals surface area contributed by atoms with Gasteiger partial charge in [-0.15, -0.1) is 0 Å². The molecule has 23 heavy (non-hydrogen) atoms. The molecular formula is C17H12ClN3O2. The van der Waals surface area contributed by atoms with Crippen molar-refractivity contribution in [3.8, 4) is 16.9 Å². The van der Waals surface area contributed by atoms with E-state index >= 15 is 0 Å². The molecule has 0 spiro atoms. The van der Waals surface area contributed by atoms with Gasteiger partial charge < -0.3 is 0 Å². The van der Waals surface area contributed by atoms with Crippen molar-refractivity contribution >= 4 is 17.7 Å². The van der Waals surface area contributed by atoms with Gasteiger partial charge in [0.2, 0.25) is 6.20 Å². The van der Waals surface area contributed by atoms with Crippen LogP contribution >= 0.6 is 11.6 Å². The first-order valence-corrected chi connectivity index (χ1v) is 7.25. The predicted octanol–water partition coefficient (Wildman–Crippen LogP) is 4.44. The Morgan fingerprint density at radius 2 is 1.65 bits per heavy atom. The monoisotopic (exact) mass is 325 g/mol. The number of rotatable bonds is 4. The number of nitrogens with zero attached hydrogens (tertiary/aromatic N) is 3. The minimum Gasteiger partial charge on any atom is -0.259 e. The van der Waals surface area contributed by atoms with E-state index in [1.165, 1.54) is 6.08 Å². The maximum atomic E-state index is 10.7. The third kappa shape index (κ3) is 3.14. The van der Waals surface area contributed by atoms with Gasteiger partial charge in [-0.3, -0.25) is 10.1 Å². The zero-order valence-electron chi connectivity index (χ0n) is 12.0. The Morgan fingerprint density at radius 3 is 2.26 bits per heavy atom. The molecule has 0 amide bonds. The molecule has 3 aromatic rings. The van der Waals surface area contributed by atoms with Crippen LogP contribution in [0.15, 0.2) is 66.9 Å². The Kier molecular flexibility index (Phi) is 4.21. The van der Waals surface area contributed by atoms with E-state index in [0.717, 1.165) is 17.5 Å². The van der Waals surface area contributed by atoms with Crippen molar-refractivity contribution in [2.45, 2.75) is 0 Å². The minimum absolute atomic E-state index is 0.327. The summed E-state index contributed by atoms with van der Waals surface area (Å²) in [5, 5.41) is 15.5. The average molecular weight is 326 g/mol. The fourth-order valence-electron chi connectivity index (χ4n) is 2.24. The summed E-state index contributed by atoms with van der Waals surface area (Å²) in [6.45, 7) is 0. The van der Waals surface area contributed by atoms with Crippen molar-refractivity contribution in [3.05, 3.63) is 87.7 Å². The molecule has 0 radical (unpaired) electrons. The SMILES string of the molecule is O=[N+]([O-])C=Cc1c(-c2ccccc2)nn(-c2ccccc2)c1Cl. The van der Waals surface area contributed by atoms with Gasteiger partial charge in [0.1, 0.15) is 10.8 Å². The number of hydrogen-bond acceptors (Lipinski definition) is 3. The molecule has 0 atom stereocenters. The summed E-state index contributed by atoms with van der Waals surface area (Å²) in [4.78, 5) is 10.1. The van der Waals surface area contributed by atoms with Crippen LogP contribution in [0.1, 0.15) is 5.56 Å². The first-order chi connectivity index (χ1) is 11.2. The standard InChI is InChI=1S/C17H12ClN3O2/c18-17-15(11-12-20(22)23)16(13-7-3-1-4-8-13)19-21(17)14-9-5-2-6-10-14/h1-12H. The zero-order chi connectivity index (χ0) is 16.2. The number of hydrogen-bond donors (Lipinski definition) is 0. The summed E-state index contributed by atoms with van der Waals surface area (Å²) in [5.74, 6) is 0. The summed E-state index contributed by atoms with van der Waals surface area (Å²) in [6.07, 6.45) is 2.24. The molecule has 6 heteroatoms. The summed E-state index contributed by atoms with van der Waals surface area (Å²) >= 11 is 6.42. The normalized spacial score (nSPS) is 11.0. The smallest absolute Gasteiger partial charge is 0.235 e.